The average Bonchev–Trinajstić information content (AvgIpc) is 3.14. The van der Waals surface area contributed by atoms with Gasteiger partial charge in [-0.25, -0.2) is 13.8 Å². The minimum atomic E-state index is -3.59. The number of hydrogen-bond donors (Lipinski definition) is 2. The van der Waals surface area contributed by atoms with E-state index in [0.29, 0.717) is 17.2 Å². The summed E-state index contributed by atoms with van der Waals surface area (Å²) in [5.74, 6) is -0.0374. The molecule has 25 heavy (non-hydrogen) atoms. The maximum absolute atomic E-state index is 12.2. The van der Waals surface area contributed by atoms with Crippen molar-refractivity contribution in [1.82, 2.24) is 5.43 Å². The minimum absolute atomic E-state index is 0.240. The number of benzene rings is 1. The molecule has 0 saturated carbocycles. The van der Waals surface area contributed by atoms with Crippen LogP contribution in [0.3, 0.4) is 0 Å². The second-order valence-corrected chi connectivity index (χ2v) is 8.48. The lowest BCUT2D eigenvalue weighted by atomic mass is 10.1. The van der Waals surface area contributed by atoms with Crippen LogP contribution in [0, 0.1) is 5.92 Å². The van der Waals surface area contributed by atoms with Crippen molar-refractivity contribution in [3.8, 4) is 0 Å². The van der Waals surface area contributed by atoms with E-state index in [1.807, 2.05) is 13.8 Å². The fourth-order valence-corrected chi connectivity index (χ4v) is 3.97. The van der Waals surface area contributed by atoms with Crippen LogP contribution in [-0.2, 0) is 10.0 Å². The Morgan fingerprint density at radius 1 is 1.24 bits per heavy atom. The molecular formula is C17H21N3O3S2. The molecule has 1 amide bonds. The van der Waals surface area contributed by atoms with Crippen molar-refractivity contribution in [2.45, 2.75) is 31.4 Å². The summed E-state index contributed by atoms with van der Waals surface area (Å²) < 4.78 is 27.0. The number of rotatable bonds is 7. The summed E-state index contributed by atoms with van der Waals surface area (Å²) in [6.07, 6.45) is 0.949. The van der Waals surface area contributed by atoms with Crippen molar-refractivity contribution >= 4 is 38.7 Å². The molecule has 1 aromatic carbocycles. The number of carbonyl (C=O) groups excluding carboxylic acids is 1. The van der Waals surface area contributed by atoms with E-state index in [0.717, 1.165) is 23.5 Å². The van der Waals surface area contributed by atoms with E-state index in [1.54, 1.807) is 35.7 Å². The van der Waals surface area contributed by atoms with Crippen LogP contribution in [0.25, 0.3) is 0 Å². The number of anilines is 1. The largest absolute Gasteiger partial charge is 0.279 e. The fraction of sp³-hybridized carbons (Fsp3) is 0.294. The van der Waals surface area contributed by atoms with E-state index in [4.69, 9.17) is 0 Å². The molecule has 2 N–H and O–H groups in total. The van der Waals surface area contributed by atoms with Crippen LogP contribution in [-0.4, -0.2) is 20.0 Å². The van der Waals surface area contributed by atoms with Gasteiger partial charge in [0.1, 0.15) is 4.21 Å². The molecular weight excluding hydrogens is 358 g/mol. The molecule has 6 nitrogen and oxygen atoms in total. The lowest BCUT2D eigenvalue weighted by Gasteiger charge is -2.09. The Morgan fingerprint density at radius 3 is 2.48 bits per heavy atom. The van der Waals surface area contributed by atoms with Crippen molar-refractivity contribution < 1.29 is 13.2 Å². The molecule has 1 aromatic heterocycles. The molecule has 1 heterocycles. The Balaban J connectivity index is 2.03. The molecule has 0 saturated heterocycles. The Bertz CT molecular complexity index is 842. The van der Waals surface area contributed by atoms with Gasteiger partial charge >= 0.3 is 0 Å². The van der Waals surface area contributed by atoms with Crippen molar-refractivity contribution in [2.75, 3.05) is 4.72 Å². The zero-order valence-corrected chi connectivity index (χ0v) is 15.9. The first-order valence-electron chi connectivity index (χ1n) is 7.84. The highest BCUT2D eigenvalue weighted by molar-refractivity contribution is 7.94. The summed E-state index contributed by atoms with van der Waals surface area (Å²) in [7, 11) is -3.59. The van der Waals surface area contributed by atoms with E-state index in [-0.39, 0.29) is 10.1 Å². The number of amides is 1. The van der Waals surface area contributed by atoms with Crippen LogP contribution in [0.2, 0.25) is 0 Å². The molecule has 0 aliphatic carbocycles. The van der Waals surface area contributed by atoms with Crippen molar-refractivity contribution in [2.24, 2.45) is 11.0 Å². The average molecular weight is 380 g/mol. The first kappa shape index (κ1) is 19.1. The van der Waals surface area contributed by atoms with E-state index >= 15 is 0 Å². The quantitative estimate of drug-likeness (QED) is 0.568. The highest BCUT2D eigenvalue weighted by Gasteiger charge is 2.15. The van der Waals surface area contributed by atoms with Gasteiger partial charge in [0.2, 0.25) is 0 Å². The van der Waals surface area contributed by atoms with Gasteiger partial charge in [-0.2, -0.15) is 5.10 Å². The van der Waals surface area contributed by atoms with E-state index in [9.17, 15) is 13.2 Å². The minimum Gasteiger partial charge on any atom is -0.279 e. The summed E-state index contributed by atoms with van der Waals surface area (Å²) in [4.78, 5) is 12.1. The first-order chi connectivity index (χ1) is 11.8. The monoisotopic (exact) mass is 379 g/mol. The summed E-state index contributed by atoms with van der Waals surface area (Å²) in [5, 5.41) is 5.79. The van der Waals surface area contributed by atoms with Crippen LogP contribution in [0.4, 0.5) is 5.69 Å². The summed E-state index contributed by atoms with van der Waals surface area (Å²) in [6, 6.07) is 9.41. The second kappa shape index (κ2) is 8.26. The van der Waals surface area contributed by atoms with Gasteiger partial charge in [0, 0.05) is 17.0 Å². The standard InChI is InChI=1S/C17H21N3O3S2/c1-4-12(2)13(3)18-19-17(21)14-7-9-15(10-8-14)20-25(22,23)16-6-5-11-24-16/h5-12,20H,4H2,1-3H3,(H,19,21). The number of nitrogens with one attached hydrogen (secondary N) is 2. The summed E-state index contributed by atoms with van der Waals surface area (Å²) in [6.45, 7) is 5.97. The molecule has 134 valence electrons. The van der Waals surface area contributed by atoms with Crippen molar-refractivity contribution in [1.29, 1.82) is 0 Å². The van der Waals surface area contributed by atoms with Crippen molar-refractivity contribution in [3.63, 3.8) is 0 Å². The van der Waals surface area contributed by atoms with Crippen LogP contribution in [0.5, 0.6) is 0 Å². The lowest BCUT2D eigenvalue weighted by molar-refractivity contribution is 0.0954. The van der Waals surface area contributed by atoms with Crippen LogP contribution in [0.15, 0.2) is 51.1 Å². The summed E-state index contributed by atoms with van der Waals surface area (Å²) >= 11 is 1.14. The fourth-order valence-electron chi connectivity index (χ4n) is 1.92. The Kier molecular flexibility index (Phi) is 6.33. The molecule has 8 heteroatoms. The molecule has 0 radical (unpaired) electrons. The van der Waals surface area contributed by atoms with E-state index in [1.165, 1.54) is 6.07 Å². The number of hydrazone groups is 1. The molecule has 0 spiro atoms. The third-order valence-corrected chi connectivity index (χ3v) is 6.60. The van der Waals surface area contributed by atoms with E-state index in [2.05, 4.69) is 22.2 Å². The Labute approximate surface area is 152 Å². The van der Waals surface area contributed by atoms with Gasteiger partial charge in [-0.05, 0) is 55.0 Å². The third-order valence-electron chi connectivity index (χ3n) is 3.82. The zero-order valence-electron chi connectivity index (χ0n) is 14.3. The molecule has 0 fully saturated rings. The SMILES string of the molecule is CCC(C)C(C)=NNC(=O)c1ccc(NS(=O)(=O)c2cccs2)cc1. The van der Waals surface area contributed by atoms with Crippen molar-refractivity contribution in [3.05, 3.63) is 47.3 Å². The van der Waals surface area contributed by atoms with Crippen LogP contribution >= 0.6 is 11.3 Å². The highest BCUT2D eigenvalue weighted by Crippen LogP contribution is 2.20. The molecule has 2 aromatic rings. The topological polar surface area (TPSA) is 87.6 Å². The van der Waals surface area contributed by atoms with Gasteiger partial charge in [0.05, 0.1) is 0 Å². The van der Waals surface area contributed by atoms with E-state index < -0.39 is 10.0 Å². The maximum atomic E-state index is 12.2. The number of nitrogens with zero attached hydrogens (tertiary/aromatic N) is 1. The smallest absolute Gasteiger partial charge is 0.271 e. The molecule has 1 atom stereocenters. The van der Waals surface area contributed by atoms with Gasteiger partial charge < -0.3 is 0 Å². The number of hydrogen-bond acceptors (Lipinski definition) is 5. The zero-order chi connectivity index (χ0) is 18.4. The summed E-state index contributed by atoms with van der Waals surface area (Å²) in [5.41, 5.74) is 4.17. The van der Waals surface area contributed by atoms with Gasteiger partial charge in [-0.3, -0.25) is 9.52 Å². The lowest BCUT2D eigenvalue weighted by Crippen LogP contribution is -2.21. The Morgan fingerprint density at radius 2 is 1.92 bits per heavy atom. The molecule has 0 aliphatic rings. The number of thiophene rings is 1. The van der Waals surface area contributed by atoms with Crippen LogP contribution in [0.1, 0.15) is 37.6 Å². The molecule has 2 rings (SSSR count). The van der Waals surface area contributed by atoms with Gasteiger partial charge in [0.15, 0.2) is 0 Å². The van der Waals surface area contributed by atoms with Gasteiger partial charge in [0.25, 0.3) is 15.9 Å². The Hall–Kier alpha value is -2.19. The first-order valence-corrected chi connectivity index (χ1v) is 10.2. The third kappa shape index (κ3) is 5.14. The highest BCUT2D eigenvalue weighted by atomic mass is 32.2. The normalized spacial score (nSPS) is 13.3. The number of sulfonamides is 1. The maximum Gasteiger partial charge on any atom is 0.271 e. The molecule has 1 unspecified atom stereocenters. The van der Waals surface area contributed by atoms with Gasteiger partial charge in [-0.15, -0.1) is 11.3 Å². The molecule has 0 aliphatic heterocycles. The second-order valence-electron chi connectivity index (χ2n) is 5.62. The number of carbonyl (C=O) groups is 1. The van der Waals surface area contributed by atoms with Gasteiger partial charge in [-0.1, -0.05) is 19.9 Å². The molecule has 0 bridgehead atoms. The predicted molar refractivity (Wildman–Crippen MR) is 102 cm³/mol. The van der Waals surface area contributed by atoms with Crippen LogP contribution < -0.4 is 10.1 Å². The predicted octanol–water partition coefficient (Wildman–Crippen LogP) is 3.70.